The van der Waals surface area contributed by atoms with Crippen LogP contribution in [0.25, 0.3) is 22.3 Å². The molecule has 3 aliphatic rings. The van der Waals surface area contributed by atoms with Gasteiger partial charge in [0, 0.05) is 62.3 Å². The summed E-state index contributed by atoms with van der Waals surface area (Å²) >= 11 is 0. The van der Waals surface area contributed by atoms with E-state index in [9.17, 15) is 14.3 Å². The van der Waals surface area contributed by atoms with E-state index in [-0.39, 0.29) is 36.0 Å². The molecule has 0 spiro atoms. The first-order valence-electron chi connectivity index (χ1n) is 17.5. The second kappa shape index (κ2) is 15.1. The van der Waals surface area contributed by atoms with E-state index in [2.05, 4.69) is 67.5 Å². The number of carbonyl (C=O) groups is 1. The molecule has 1 saturated carbocycles. The first-order chi connectivity index (χ1) is 23.9. The fourth-order valence-electron chi connectivity index (χ4n) is 7.71. The molecule has 4 N–H and O–H groups in total. The molecule has 1 aliphatic heterocycles. The lowest BCUT2D eigenvalue weighted by Gasteiger charge is -2.41. The number of ether oxygens (including phenoxy) is 1. The summed E-state index contributed by atoms with van der Waals surface area (Å²) in [4.78, 5) is 26.4. The molecule has 1 unspecified atom stereocenters. The van der Waals surface area contributed by atoms with Gasteiger partial charge in [-0.25, -0.2) is 9.37 Å². The van der Waals surface area contributed by atoms with Crippen molar-refractivity contribution in [2.45, 2.75) is 63.3 Å². The molecule has 3 heterocycles. The zero-order valence-corrected chi connectivity index (χ0v) is 27.9. The highest BCUT2D eigenvalue weighted by atomic mass is 19.1. The lowest BCUT2D eigenvalue weighted by molar-refractivity contribution is 0.0272. The number of pyridine rings is 2. The van der Waals surface area contributed by atoms with Crippen molar-refractivity contribution in [1.29, 1.82) is 0 Å². The van der Waals surface area contributed by atoms with Gasteiger partial charge in [0.25, 0.3) is 5.91 Å². The van der Waals surface area contributed by atoms with Crippen LogP contribution in [0, 0.1) is 5.82 Å². The van der Waals surface area contributed by atoms with Crippen molar-refractivity contribution < 1.29 is 19.0 Å². The Morgan fingerprint density at radius 3 is 2.51 bits per heavy atom. The number of aliphatic hydroxyl groups is 1. The molecular formula is C39H45FN6O3. The first kappa shape index (κ1) is 33.3. The fourth-order valence-corrected chi connectivity index (χ4v) is 7.71. The van der Waals surface area contributed by atoms with Crippen LogP contribution in [0.15, 0.2) is 73.2 Å². The van der Waals surface area contributed by atoms with E-state index >= 15 is 0 Å². The van der Waals surface area contributed by atoms with Gasteiger partial charge in [-0.15, -0.1) is 0 Å². The first-order valence-corrected chi connectivity index (χ1v) is 17.5. The van der Waals surface area contributed by atoms with Crippen LogP contribution in [0.1, 0.15) is 65.2 Å². The molecule has 1 amide bonds. The topological polar surface area (TPSA) is 117 Å². The SMILES string of the molecule is Nc1ncc(-c2cncc(F)c2)cc1C(=O)N[C@H]1CCC[C@@H]1OCc1ccc(-c2ccc3c(c2)CCCC3N2CCN(CCO)CC2)cc1. The summed E-state index contributed by atoms with van der Waals surface area (Å²) in [7, 11) is 0. The zero-order chi connectivity index (χ0) is 33.7. The molecule has 2 aromatic heterocycles. The molecule has 2 aromatic carbocycles. The van der Waals surface area contributed by atoms with Crippen LogP contribution < -0.4 is 11.1 Å². The summed E-state index contributed by atoms with van der Waals surface area (Å²) in [5.41, 5.74) is 13.9. The third kappa shape index (κ3) is 7.68. The van der Waals surface area contributed by atoms with Gasteiger partial charge in [-0.05, 0) is 78.5 Å². The van der Waals surface area contributed by atoms with Crippen molar-refractivity contribution in [2.75, 3.05) is 45.1 Å². The molecule has 2 aliphatic carbocycles. The zero-order valence-electron chi connectivity index (χ0n) is 27.9. The molecule has 0 radical (unpaired) electrons. The maximum atomic E-state index is 13.7. The number of amides is 1. The van der Waals surface area contributed by atoms with Crippen molar-refractivity contribution in [3.8, 4) is 22.3 Å². The molecule has 3 atom stereocenters. The number of nitrogens with zero attached hydrogens (tertiary/aromatic N) is 4. The Hall–Kier alpha value is -4.22. The maximum absolute atomic E-state index is 13.7. The number of aromatic nitrogens is 2. The van der Waals surface area contributed by atoms with Gasteiger partial charge in [0.15, 0.2) is 0 Å². The van der Waals surface area contributed by atoms with Gasteiger partial charge in [-0.2, -0.15) is 0 Å². The highest BCUT2D eigenvalue weighted by molar-refractivity contribution is 5.99. The van der Waals surface area contributed by atoms with Crippen LogP contribution in [0.3, 0.4) is 0 Å². The number of β-amino-alcohol motifs (C(OH)–C–C–N with tert-alkyl or cyclic N) is 1. The fraction of sp³-hybridized carbons (Fsp3) is 0.410. The van der Waals surface area contributed by atoms with E-state index in [0.29, 0.717) is 23.8 Å². The number of nitrogens with one attached hydrogen (secondary N) is 1. The molecule has 2 fully saturated rings. The third-order valence-corrected chi connectivity index (χ3v) is 10.4. The molecule has 4 aromatic rings. The lowest BCUT2D eigenvalue weighted by Crippen LogP contribution is -2.48. The van der Waals surface area contributed by atoms with Crippen molar-refractivity contribution in [3.05, 3.63) is 101 Å². The average molecular weight is 665 g/mol. The lowest BCUT2D eigenvalue weighted by atomic mass is 9.84. The number of halogens is 1. The average Bonchev–Trinajstić information content (AvgIpc) is 3.57. The summed E-state index contributed by atoms with van der Waals surface area (Å²) in [5, 5.41) is 12.4. The van der Waals surface area contributed by atoms with Gasteiger partial charge in [0.2, 0.25) is 0 Å². The Labute approximate surface area is 287 Å². The van der Waals surface area contributed by atoms with Crippen LogP contribution in [0.4, 0.5) is 10.2 Å². The number of hydrogen-bond donors (Lipinski definition) is 3. The summed E-state index contributed by atoms with van der Waals surface area (Å²) < 4.78 is 20.1. The largest absolute Gasteiger partial charge is 0.395 e. The van der Waals surface area contributed by atoms with E-state index in [1.54, 1.807) is 6.07 Å². The highest BCUT2D eigenvalue weighted by Gasteiger charge is 2.31. The molecule has 256 valence electrons. The minimum atomic E-state index is -0.463. The van der Waals surface area contributed by atoms with Gasteiger partial charge in [-0.1, -0.05) is 42.5 Å². The Balaban J connectivity index is 0.952. The van der Waals surface area contributed by atoms with Crippen molar-refractivity contribution in [1.82, 2.24) is 25.1 Å². The Kier molecular flexibility index (Phi) is 10.3. The van der Waals surface area contributed by atoms with E-state index in [4.69, 9.17) is 10.5 Å². The second-order valence-electron chi connectivity index (χ2n) is 13.5. The molecule has 10 heteroatoms. The van der Waals surface area contributed by atoms with Gasteiger partial charge in [-0.3, -0.25) is 19.6 Å². The number of benzene rings is 2. The highest BCUT2D eigenvalue weighted by Crippen LogP contribution is 2.37. The van der Waals surface area contributed by atoms with Crippen LogP contribution in [-0.4, -0.2) is 82.3 Å². The predicted molar refractivity (Wildman–Crippen MR) is 188 cm³/mol. The number of aliphatic hydroxyl groups excluding tert-OH is 1. The van der Waals surface area contributed by atoms with Gasteiger partial charge < -0.3 is 20.9 Å². The Bertz CT molecular complexity index is 1760. The molecule has 49 heavy (non-hydrogen) atoms. The van der Waals surface area contributed by atoms with Gasteiger partial charge in [0.05, 0.1) is 37.1 Å². The van der Waals surface area contributed by atoms with E-state index in [1.165, 1.54) is 53.6 Å². The molecule has 1 saturated heterocycles. The van der Waals surface area contributed by atoms with Gasteiger partial charge in [0.1, 0.15) is 11.6 Å². The van der Waals surface area contributed by atoms with E-state index in [0.717, 1.165) is 70.2 Å². The number of fused-ring (bicyclic) bond motifs is 1. The summed E-state index contributed by atoms with van der Waals surface area (Å²) in [6.07, 6.45) is 10.2. The molecule has 7 rings (SSSR count). The number of hydrogen-bond acceptors (Lipinski definition) is 8. The third-order valence-electron chi connectivity index (χ3n) is 10.4. The maximum Gasteiger partial charge on any atom is 0.255 e. The van der Waals surface area contributed by atoms with Crippen molar-refractivity contribution in [3.63, 3.8) is 0 Å². The summed E-state index contributed by atoms with van der Waals surface area (Å²) in [6, 6.07) is 18.9. The number of carbonyl (C=O) groups excluding carboxylic acids is 1. The Morgan fingerprint density at radius 2 is 1.71 bits per heavy atom. The number of rotatable bonds is 10. The number of aryl methyl sites for hydroxylation is 1. The van der Waals surface area contributed by atoms with Gasteiger partial charge >= 0.3 is 0 Å². The second-order valence-corrected chi connectivity index (χ2v) is 13.5. The summed E-state index contributed by atoms with van der Waals surface area (Å²) in [5.74, 6) is -0.666. The molecular weight excluding hydrogens is 619 g/mol. The van der Waals surface area contributed by atoms with E-state index < -0.39 is 5.82 Å². The predicted octanol–water partition coefficient (Wildman–Crippen LogP) is 5.39. The molecule has 9 nitrogen and oxygen atoms in total. The van der Waals surface area contributed by atoms with Crippen molar-refractivity contribution in [2.24, 2.45) is 0 Å². The van der Waals surface area contributed by atoms with Crippen LogP contribution in [0.2, 0.25) is 0 Å². The summed E-state index contributed by atoms with van der Waals surface area (Å²) in [6.45, 7) is 5.62. The minimum absolute atomic E-state index is 0.111. The number of nitrogen functional groups attached to an aromatic ring is 1. The smallest absolute Gasteiger partial charge is 0.255 e. The number of nitrogens with two attached hydrogens (primary N) is 1. The Morgan fingerprint density at radius 1 is 0.918 bits per heavy atom. The van der Waals surface area contributed by atoms with Crippen LogP contribution in [0.5, 0.6) is 0 Å². The number of piperazine rings is 1. The molecule has 0 bridgehead atoms. The van der Waals surface area contributed by atoms with Crippen LogP contribution >= 0.6 is 0 Å². The standard InChI is InChI=1S/C39H45FN6O3/c40-32-20-30(22-42-24-32)31-21-34(38(41)43-23-31)39(48)44-35-4-2-6-37(35)49-25-26-7-9-27(10-8-26)28-11-12-33-29(19-28)3-1-5-36(33)46-15-13-45(14-16-46)17-18-47/h7-12,19-24,35-37,47H,1-6,13-18,25H2,(H2,41,43)(H,44,48)/t35-,36?,37-/m0/s1. The van der Waals surface area contributed by atoms with E-state index in [1.807, 2.05) is 0 Å². The normalized spacial score (nSPS) is 21.4. The quantitative estimate of drug-likeness (QED) is 0.207. The monoisotopic (exact) mass is 664 g/mol. The van der Waals surface area contributed by atoms with Crippen molar-refractivity contribution >= 4 is 11.7 Å². The minimum Gasteiger partial charge on any atom is -0.395 e. The van der Waals surface area contributed by atoms with Crippen LogP contribution in [-0.2, 0) is 17.8 Å². The number of anilines is 1.